The van der Waals surface area contributed by atoms with Crippen molar-refractivity contribution in [1.29, 1.82) is 0 Å². The number of allylic oxidation sites excluding steroid dienone is 2. The normalized spacial score (nSPS) is 12.4. The van der Waals surface area contributed by atoms with Crippen LogP contribution >= 0.6 is 0 Å². The lowest BCUT2D eigenvalue weighted by Gasteiger charge is -1.85. The van der Waals surface area contributed by atoms with Crippen LogP contribution in [0.3, 0.4) is 0 Å². The predicted molar refractivity (Wildman–Crippen MR) is 39.5 cm³/mol. The zero-order chi connectivity index (χ0) is 7.11. The van der Waals surface area contributed by atoms with Crippen LogP contribution in [0.25, 0.3) is 0 Å². The maximum absolute atomic E-state index is 8.36. The van der Waals surface area contributed by atoms with Gasteiger partial charge in [0.15, 0.2) is 0 Å². The standard InChI is InChI=1S/C7H11NO/c1-3-5-8-7(2)4-6-9/h3-5,9H,1,6H2,2H3/b7-4+,8-5?. The van der Waals surface area contributed by atoms with E-state index in [1.807, 2.05) is 6.92 Å². The zero-order valence-corrected chi connectivity index (χ0v) is 5.54. The van der Waals surface area contributed by atoms with Gasteiger partial charge in [0.25, 0.3) is 0 Å². The lowest BCUT2D eigenvalue weighted by Crippen LogP contribution is -1.76. The van der Waals surface area contributed by atoms with Crippen molar-refractivity contribution >= 4 is 6.21 Å². The van der Waals surface area contributed by atoms with Crippen LogP contribution in [0, 0.1) is 0 Å². The minimum atomic E-state index is 0.0420. The molecule has 0 bridgehead atoms. The molecule has 2 heteroatoms. The zero-order valence-electron chi connectivity index (χ0n) is 5.54. The predicted octanol–water partition coefficient (Wildman–Crippen LogP) is 1.14. The number of rotatable bonds is 3. The summed E-state index contributed by atoms with van der Waals surface area (Å²) in [5.41, 5.74) is 0.803. The Balaban J connectivity index is 3.74. The molecule has 0 aromatic rings. The van der Waals surface area contributed by atoms with Gasteiger partial charge in [-0.15, -0.1) is 0 Å². The first-order valence-corrected chi connectivity index (χ1v) is 2.74. The second-order valence-corrected chi connectivity index (χ2v) is 1.54. The van der Waals surface area contributed by atoms with Gasteiger partial charge in [0.1, 0.15) is 0 Å². The third-order valence-electron chi connectivity index (χ3n) is 0.770. The third kappa shape index (κ3) is 4.97. The summed E-state index contributed by atoms with van der Waals surface area (Å²) in [4.78, 5) is 3.89. The van der Waals surface area contributed by atoms with E-state index in [4.69, 9.17) is 5.11 Å². The summed E-state index contributed by atoms with van der Waals surface area (Å²) in [5, 5.41) is 8.36. The first-order valence-electron chi connectivity index (χ1n) is 2.74. The largest absolute Gasteiger partial charge is 0.392 e. The van der Waals surface area contributed by atoms with Gasteiger partial charge in [0.2, 0.25) is 0 Å². The summed E-state index contributed by atoms with van der Waals surface area (Å²) in [6.45, 7) is 5.31. The summed E-state index contributed by atoms with van der Waals surface area (Å²) in [5.74, 6) is 0. The first kappa shape index (κ1) is 8.11. The van der Waals surface area contributed by atoms with Gasteiger partial charge in [0.05, 0.1) is 6.61 Å². The van der Waals surface area contributed by atoms with Crippen LogP contribution in [0.2, 0.25) is 0 Å². The Morgan fingerprint density at radius 3 is 2.89 bits per heavy atom. The molecular formula is C7H11NO. The second-order valence-electron chi connectivity index (χ2n) is 1.54. The van der Waals surface area contributed by atoms with E-state index >= 15 is 0 Å². The van der Waals surface area contributed by atoms with E-state index in [2.05, 4.69) is 11.6 Å². The fourth-order valence-electron chi connectivity index (χ4n) is 0.355. The van der Waals surface area contributed by atoms with E-state index < -0.39 is 0 Å². The molecule has 0 aromatic heterocycles. The van der Waals surface area contributed by atoms with Crippen LogP contribution in [-0.4, -0.2) is 17.9 Å². The van der Waals surface area contributed by atoms with E-state index in [1.165, 1.54) is 0 Å². The van der Waals surface area contributed by atoms with Crippen molar-refractivity contribution in [2.45, 2.75) is 6.92 Å². The molecule has 0 aromatic carbocycles. The average molecular weight is 125 g/mol. The van der Waals surface area contributed by atoms with Crippen LogP contribution in [0.15, 0.2) is 29.4 Å². The average Bonchev–Trinajstić information content (AvgIpc) is 1.85. The van der Waals surface area contributed by atoms with E-state index in [0.717, 1.165) is 5.70 Å². The summed E-state index contributed by atoms with van der Waals surface area (Å²) in [7, 11) is 0. The third-order valence-corrected chi connectivity index (χ3v) is 0.770. The summed E-state index contributed by atoms with van der Waals surface area (Å²) >= 11 is 0. The Bertz CT molecular complexity index is 136. The van der Waals surface area contributed by atoms with Crippen LogP contribution < -0.4 is 0 Å². The van der Waals surface area contributed by atoms with Crippen LogP contribution in [-0.2, 0) is 0 Å². The molecule has 0 radical (unpaired) electrons. The van der Waals surface area contributed by atoms with Crippen molar-refractivity contribution < 1.29 is 5.11 Å². The number of aliphatic hydroxyl groups is 1. The second kappa shape index (κ2) is 5.25. The van der Waals surface area contributed by atoms with Gasteiger partial charge in [-0.05, 0) is 13.0 Å². The Labute approximate surface area is 55.2 Å². The molecule has 0 amide bonds. The Hall–Kier alpha value is -0.890. The molecule has 0 atom stereocenters. The maximum atomic E-state index is 8.36. The van der Waals surface area contributed by atoms with E-state index in [-0.39, 0.29) is 6.61 Å². The molecule has 0 fully saturated rings. The number of hydrogen-bond donors (Lipinski definition) is 1. The van der Waals surface area contributed by atoms with Gasteiger partial charge in [-0.25, -0.2) is 0 Å². The highest BCUT2D eigenvalue weighted by Crippen LogP contribution is 1.90. The highest BCUT2D eigenvalue weighted by Gasteiger charge is 1.76. The minimum Gasteiger partial charge on any atom is -0.392 e. The molecule has 2 nitrogen and oxygen atoms in total. The van der Waals surface area contributed by atoms with Gasteiger partial charge >= 0.3 is 0 Å². The maximum Gasteiger partial charge on any atom is 0.0632 e. The fraction of sp³-hybridized carbons (Fsp3) is 0.286. The van der Waals surface area contributed by atoms with E-state index in [0.29, 0.717) is 0 Å². The lowest BCUT2D eigenvalue weighted by atomic mass is 10.4. The van der Waals surface area contributed by atoms with Crippen molar-refractivity contribution in [1.82, 2.24) is 0 Å². The molecule has 9 heavy (non-hydrogen) atoms. The summed E-state index contributed by atoms with van der Waals surface area (Å²) < 4.78 is 0. The summed E-state index contributed by atoms with van der Waals surface area (Å²) in [6.07, 6.45) is 4.80. The monoisotopic (exact) mass is 125 g/mol. The molecule has 1 N–H and O–H groups in total. The van der Waals surface area contributed by atoms with E-state index in [1.54, 1.807) is 18.4 Å². The van der Waals surface area contributed by atoms with Crippen molar-refractivity contribution in [2.75, 3.05) is 6.61 Å². The highest BCUT2D eigenvalue weighted by molar-refractivity contribution is 5.71. The van der Waals surface area contributed by atoms with Gasteiger partial charge < -0.3 is 5.11 Å². The van der Waals surface area contributed by atoms with Gasteiger partial charge in [-0.1, -0.05) is 12.7 Å². The topological polar surface area (TPSA) is 32.6 Å². The van der Waals surface area contributed by atoms with E-state index in [9.17, 15) is 0 Å². The Kier molecular flexibility index (Phi) is 4.73. The molecule has 0 aliphatic rings. The molecule has 0 unspecified atom stereocenters. The Morgan fingerprint density at radius 2 is 2.44 bits per heavy atom. The SMILES string of the molecule is C=CC=N/C(C)=C/CO. The lowest BCUT2D eigenvalue weighted by molar-refractivity contribution is 0.341. The molecule has 0 spiro atoms. The molecule has 0 aliphatic carbocycles. The molecular weight excluding hydrogens is 114 g/mol. The molecule has 0 rings (SSSR count). The number of aliphatic hydroxyl groups excluding tert-OH is 1. The van der Waals surface area contributed by atoms with Gasteiger partial charge in [-0.3, -0.25) is 4.99 Å². The molecule has 0 aliphatic heterocycles. The van der Waals surface area contributed by atoms with Crippen molar-refractivity contribution in [3.8, 4) is 0 Å². The molecule has 0 saturated carbocycles. The van der Waals surface area contributed by atoms with Crippen LogP contribution in [0.4, 0.5) is 0 Å². The quantitative estimate of drug-likeness (QED) is 0.563. The number of aliphatic imine (C=N–C) groups is 1. The molecule has 50 valence electrons. The molecule has 0 saturated heterocycles. The molecule has 0 heterocycles. The first-order chi connectivity index (χ1) is 4.31. The van der Waals surface area contributed by atoms with Crippen LogP contribution in [0.5, 0.6) is 0 Å². The summed E-state index contributed by atoms with van der Waals surface area (Å²) in [6, 6.07) is 0. The fourth-order valence-corrected chi connectivity index (χ4v) is 0.355. The van der Waals surface area contributed by atoms with Crippen LogP contribution in [0.1, 0.15) is 6.92 Å². The van der Waals surface area contributed by atoms with Crippen molar-refractivity contribution in [3.05, 3.63) is 24.4 Å². The van der Waals surface area contributed by atoms with Crippen molar-refractivity contribution in [3.63, 3.8) is 0 Å². The number of hydrogen-bond acceptors (Lipinski definition) is 2. The highest BCUT2D eigenvalue weighted by atomic mass is 16.2. The number of nitrogens with zero attached hydrogens (tertiary/aromatic N) is 1. The minimum absolute atomic E-state index is 0.0420. The van der Waals surface area contributed by atoms with Crippen molar-refractivity contribution in [2.24, 2.45) is 4.99 Å². The van der Waals surface area contributed by atoms with Gasteiger partial charge in [0, 0.05) is 11.9 Å². The Morgan fingerprint density at radius 1 is 1.78 bits per heavy atom. The van der Waals surface area contributed by atoms with Gasteiger partial charge in [-0.2, -0.15) is 0 Å². The smallest absolute Gasteiger partial charge is 0.0632 e.